The Labute approximate surface area is 218 Å². The first-order valence-electron chi connectivity index (χ1n) is 12.0. The summed E-state index contributed by atoms with van der Waals surface area (Å²) in [6.45, 7) is 0.275. The van der Waals surface area contributed by atoms with Crippen LogP contribution in [0.1, 0.15) is 24.0 Å². The first-order valence-corrected chi connectivity index (χ1v) is 13.9. The van der Waals surface area contributed by atoms with Gasteiger partial charge in [0, 0.05) is 33.0 Å². The van der Waals surface area contributed by atoms with Crippen molar-refractivity contribution in [2.24, 2.45) is 0 Å². The lowest BCUT2D eigenvalue weighted by Gasteiger charge is -2.31. The van der Waals surface area contributed by atoms with Gasteiger partial charge in [0.05, 0.1) is 11.9 Å². The van der Waals surface area contributed by atoms with Crippen molar-refractivity contribution in [2.75, 3.05) is 24.2 Å². The van der Waals surface area contributed by atoms with E-state index in [1.54, 1.807) is 4.90 Å². The van der Waals surface area contributed by atoms with Crippen LogP contribution in [-0.2, 0) is 32.6 Å². The molecule has 2 amide bonds. The number of halogens is 1. The van der Waals surface area contributed by atoms with Crippen molar-refractivity contribution in [1.82, 2.24) is 10.2 Å². The summed E-state index contributed by atoms with van der Waals surface area (Å²) < 4.78 is 39.3. The van der Waals surface area contributed by atoms with Crippen LogP contribution in [0.5, 0.6) is 0 Å². The van der Waals surface area contributed by atoms with E-state index >= 15 is 0 Å². The van der Waals surface area contributed by atoms with E-state index in [0.717, 1.165) is 21.7 Å². The molecule has 3 aromatic carbocycles. The molecule has 7 nitrogen and oxygen atoms in total. The Balaban J connectivity index is 1.81. The number of carbonyl (C=O) groups is 2. The number of carbonyl (C=O) groups excluding carboxylic acids is 2. The Morgan fingerprint density at radius 1 is 0.892 bits per heavy atom. The number of hydrogen-bond donors (Lipinski definition) is 1. The number of nitrogens with zero attached hydrogens (tertiary/aromatic N) is 2. The normalized spacial score (nSPS) is 12.0. The second kappa shape index (κ2) is 13.0. The zero-order valence-corrected chi connectivity index (χ0v) is 21.8. The van der Waals surface area contributed by atoms with Crippen molar-refractivity contribution in [2.45, 2.75) is 31.8 Å². The summed E-state index contributed by atoms with van der Waals surface area (Å²) in [6, 6.07) is 23.3. The smallest absolute Gasteiger partial charge is 0.242 e. The lowest BCUT2D eigenvalue weighted by molar-refractivity contribution is -0.141. The number of nitrogens with one attached hydrogen (secondary N) is 1. The predicted molar refractivity (Wildman–Crippen MR) is 143 cm³/mol. The molecule has 9 heteroatoms. The molecule has 1 N–H and O–H groups in total. The van der Waals surface area contributed by atoms with Crippen LogP contribution in [-0.4, -0.2) is 51.0 Å². The SMILES string of the molecule is CNC(=O)C(Cc1ccccc1)N(Cc1ccccc1)C(=O)CCCN(c1ccc(F)cc1)S(C)(=O)=O. The molecule has 0 heterocycles. The highest BCUT2D eigenvalue weighted by Crippen LogP contribution is 2.20. The molecule has 1 atom stereocenters. The van der Waals surface area contributed by atoms with Gasteiger partial charge in [-0.15, -0.1) is 0 Å². The maximum Gasteiger partial charge on any atom is 0.242 e. The minimum absolute atomic E-state index is 0.0301. The topological polar surface area (TPSA) is 86.8 Å². The first kappa shape index (κ1) is 27.9. The van der Waals surface area contributed by atoms with Crippen molar-refractivity contribution < 1.29 is 22.4 Å². The molecule has 3 rings (SSSR count). The summed E-state index contributed by atoms with van der Waals surface area (Å²) in [4.78, 5) is 28.1. The quantitative estimate of drug-likeness (QED) is 0.390. The third-order valence-electron chi connectivity index (χ3n) is 5.98. The number of hydrogen-bond acceptors (Lipinski definition) is 4. The van der Waals surface area contributed by atoms with Gasteiger partial charge in [0.1, 0.15) is 11.9 Å². The Morgan fingerprint density at radius 3 is 2.00 bits per heavy atom. The molecule has 0 saturated heterocycles. The molecule has 0 saturated carbocycles. The first-order chi connectivity index (χ1) is 17.7. The predicted octanol–water partition coefficient (Wildman–Crippen LogP) is 3.76. The molecule has 0 fully saturated rings. The molecule has 196 valence electrons. The van der Waals surface area contributed by atoms with Crippen molar-refractivity contribution in [3.05, 3.63) is 102 Å². The highest BCUT2D eigenvalue weighted by atomic mass is 32.2. The molecule has 37 heavy (non-hydrogen) atoms. The monoisotopic (exact) mass is 525 g/mol. The third-order valence-corrected chi connectivity index (χ3v) is 7.17. The van der Waals surface area contributed by atoms with E-state index in [4.69, 9.17) is 0 Å². The highest BCUT2D eigenvalue weighted by molar-refractivity contribution is 7.92. The van der Waals surface area contributed by atoms with Crippen LogP contribution >= 0.6 is 0 Å². The summed E-state index contributed by atoms with van der Waals surface area (Å²) in [7, 11) is -2.11. The van der Waals surface area contributed by atoms with Crippen molar-refractivity contribution >= 4 is 27.5 Å². The Morgan fingerprint density at radius 2 is 1.46 bits per heavy atom. The van der Waals surface area contributed by atoms with Crippen LogP contribution in [0.25, 0.3) is 0 Å². The van der Waals surface area contributed by atoms with E-state index in [-0.39, 0.29) is 37.7 Å². The molecule has 0 aliphatic rings. The van der Waals surface area contributed by atoms with Gasteiger partial charge in [0.15, 0.2) is 0 Å². The van der Waals surface area contributed by atoms with Crippen LogP contribution in [0.3, 0.4) is 0 Å². The second-order valence-electron chi connectivity index (χ2n) is 8.74. The largest absolute Gasteiger partial charge is 0.357 e. The van der Waals surface area contributed by atoms with Crippen molar-refractivity contribution in [3.63, 3.8) is 0 Å². The van der Waals surface area contributed by atoms with Gasteiger partial charge in [-0.05, 0) is 41.8 Å². The lowest BCUT2D eigenvalue weighted by Crippen LogP contribution is -2.49. The van der Waals surface area contributed by atoms with Gasteiger partial charge in [-0.25, -0.2) is 12.8 Å². The van der Waals surface area contributed by atoms with Crippen molar-refractivity contribution in [1.29, 1.82) is 0 Å². The average molecular weight is 526 g/mol. The van der Waals surface area contributed by atoms with Crippen LogP contribution in [0.2, 0.25) is 0 Å². The molecular weight excluding hydrogens is 493 g/mol. The van der Waals surface area contributed by atoms with Gasteiger partial charge in [-0.1, -0.05) is 60.7 Å². The Hall–Kier alpha value is -3.72. The molecule has 0 bridgehead atoms. The van der Waals surface area contributed by atoms with Crippen LogP contribution in [0, 0.1) is 5.82 Å². The van der Waals surface area contributed by atoms with Gasteiger partial charge in [-0.2, -0.15) is 0 Å². The van der Waals surface area contributed by atoms with E-state index in [2.05, 4.69) is 5.32 Å². The molecule has 1 unspecified atom stereocenters. The van der Waals surface area contributed by atoms with Crippen LogP contribution in [0.4, 0.5) is 10.1 Å². The molecule has 0 aliphatic carbocycles. The van der Waals surface area contributed by atoms with Gasteiger partial charge in [0.25, 0.3) is 0 Å². The second-order valence-corrected chi connectivity index (χ2v) is 10.6. The van der Waals surface area contributed by atoms with E-state index in [1.807, 2.05) is 60.7 Å². The molecule has 0 radical (unpaired) electrons. The number of amides is 2. The average Bonchev–Trinajstić information content (AvgIpc) is 2.89. The Kier molecular flexibility index (Phi) is 9.79. The fourth-order valence-corrected chi connectivity index (χ4v) is 5.08. The maximum absolute atomic E-state index is 13.5. The lowest BCUT2D eigenvalue weighted by atomic mass is 10.0. The minimum Gasteiger partial charge on any atom is -0.357 e. The minimum atomic E-state index is -3.65. The number of likely N-dealkylation sites (N-methyl/N-ethyl adjacent to an activating group) is 1. The number of benzene rings is 3. The summed E-state index contributed by atoms with van der Waals surface area (Å²) >= 11 is 0. The third kappa shape index (κ3) is 8.15. The Bertz CT molecular complexity index is 1270. The number of rotatable bonds is 12. The van der Waals surface area contributed by atoms with Crippen LogP contribution in [0.15, 0.2) is 84.9 Å². The summed E-state index contributed by atoms with van der Waals surface area (Å²) in [5, 5.41) is 2.68. The summed E-state index contributed by atoms with van der Waals surface area (Å²) in [5.74, 6) is -1.01. The molecular formula is C28H32FN3O4S. The van der Waals surface area contributed by atoms with E-state index in [0.29, 0.717) is 12.1 Å². The molecule has 0 aromatic heterocycles. The summed E-state index contributed by atoms with van der Waals surface area (Å²) in [6.07, 6.45) is 1.66. The van der Waals surface area contributed by atoms with E-state index in [1.165, 1.54) is 31.3 Å². The maximum atomic E-state index is 13.5. The van der Waals surface area contributed by atoms with Crippen molar-refractivity contribution in [3.8, 4) is 0 Å². The molecule has 3 aromatic rings. The van der Waals surface area contributed by atoms with E-state index < -0.39 is 21.9 Å². The standard InChI is InChI=1S/C28H32FN3O4S/c1-30-28(34)26(20-22-10-5-3-6-11-22)31(21-23-12-7-4-8-13-23)27(33)14-9-19-32(37(2,35)36)25-17-15-24(29)16-18-25/h3-8,10-13,15-18,26H,9,14,19-21H2,1-2H3,(H,30,34). The zero-order chi connectivity index (χ0) is 26.8. The number of sulfonamides is 1. The van der Waals surface area contributed by atoms with Gasteiger partial charge in [0.2, 0.25) is 21.8 Å². The fraction of sp³-hybridized carbons (Fsp3) is 0.286. The van der Waals surface area contributed by atoms with Gasteiger partial charge in [-0.3, -0.25) is 13.9 Å². The number of anilines is 1. The van der Waals surface area contributed by atoms with E-state index in [9.17, 15) is 22.4 Å². The fourth-order valence-electron chi connectivity index (χ4n) is 4.11. The molecule has 0 spiro atoms. The zero-order valence-electron chi connectivity index (χ0n) is 21.0. The van der Waals surface area contributed by atoms with Gasteiger partial charge >= 0.3 is 0 Å². The molecule has 0 aliphatic heterocycles. The summed E-state index contributed by atoms with van der Waals surface area (Å²) in [5.41, 5.74) is 2.12. The van der Waals surface area contributed by atoms with Crippen LogP contribution < -0.4 is 9.62 Å². The highest BCUT2D eigenvalue weighted by Gasteiger charge is 2.30. The van der Waals surface area contributed by atoms with Gasteiger partial charge < -0.3 is 10.2 Å².